The van der Waals surface area contributed by atoms with Crippen LogP contribution >= 0.6 is 0 Å². The first-order chi connectivity index (χ1) is 35.6. The van der Waals surface area contributed by atoms with Crippen LogP contribution in [-0.4, -0.2) is 82.3 Å². The minimum atomic E-state index is -1.63. The summed E-state index contributed by atoms with van der Waals surface area (Å²) < 4.78 is 22.7. The van der Waals surface area contributed by atoms with Crippen LogP contribution < -0.4 is 5.11 Å². The van der Waals surface area contributed by atoms with Crippen LogP contribution in [0.5, 0.6) is 0 Å². The molecular formula is C64H107NO8. The van der Waals surface area contributed by atoms with Gasteiger partial charge in [-0.15, -0.1) is 0 Å². The van der Waals surface area contributed by atoms with E-state index in [0.29, 0.717) is 17.4 Å². The van der Waals surface area contributed by atoms with Crippen LogP contribution in [0.15, 0.2) is 109 Å². The predicted molar refractivity (Wildman–Crippen MR) is 306 cm³/mol. The Hall–Kier alpha value is -4.05. The standard InChI is InChI=1S/C64H107NO8/c1-6-8-10-12-14-16-18-20-22-24-25-26-27-28-29-30-31-32-33-34-35-36-37-39-41-43-45-47-49-51-53-55-62(67)73-60(59-72-64(63(68)69)70-57-56-65(3,4)5)58-71-61(66)54-52-50-48-46-44-42-40-38-23-21-19-17-15-13-11-9-7-2/h8-11,14-17,20-23,25-26,28-29,31-32,60,64H,6-7,12-13,18-19,24,27,30,33-59H2,1-5H3/b10-8-,11-9-,16-14-,17-15-,22-20-,23-21-,26-25-,29-28-,32-31-. The summed E-state index contributed by atoms with van der Waals surface area (Å²) in [5.74, 6) is -2.31. The van der Waals surface area contributed by atoms with E-state index in [9.17, 15) is 19.5 Å². The third kappa shape index (κ3) is 55.5. The minimum Gasteiger partial charge on any atom is -0.545 e. The molecule has 0 bridgehead atoms. The molecule has 73 heavy (non-hydrogen) atoms. The molecule has 416 valence electrons. The normalized spacial score (nSPS) is 13.6. The van der Waals surface area contributed by atoms with E-state index in [1.54, 1.807) is 0 Å². The van der Waals surface area contributed by atoms with Crippen LogP contribution in [0.3, 0.4) is 0 Å². The molecule has 0 aromatic rings. The number of allylic oxidation sites excluding steroid dienone is 18. The number of aliphatic carboxylic acids is 1. The average molecular weight is 1020 g/mol. The molecule has 0 aromatic heterocycles. The number of carbonyl (C=O) groups is 3. The van der Waals surface area contributed by atoms with Gasteiger partial charge in [0.15, 0.2) is 12.4 Å². The molecule has 9 nitrogen and oxygen atoms in total. The van der Waals surface area contributed by atoms with E-state index in [1.165, 1.54) is 77.0 Å². The molecule has 0 aliphatic heterocycles. The fourth-order valence-electron chi connectivity index (χ4n) is 7.61. The van der Waals surface area contributed by atoms with Gasteiger partial charge < -0.3 is 33.3 Å². The van der Waals surface area contributed by atoms with E-state index in [4.69, 9.17) is 18.9 Å². The maximum Gasteiger partial charge on any atom is 0.306 e. The van der Waals surface area contributed by atoms with Crippen molar-refractivity contribution in [1.82, 2.24) is 0 Å². The highest BCUT2D eigenvalue weighted by Gasteiger charge is 2.22. The zero-order chi connectivity index (χ0) is 53.4. The van der Waals surface area contributed by atoms with Gasteiger partial charge in [-0.2, -0.15) is 0 Å². The second kappa shape index (κ2) is 54.2. The van der Waals surface area contributed by atoms with Crippen molar-refractivity contribution in [3.63, 3.8) is 0 Å². The van der Waals surface area contributed by atoms with Gasteiger partial charge in [0, 0.05) is 12.8 Å². The lowest BCUT2D eigenvalue weighted by Gasteiger charge is -2.26. The maximum absolute atomic E-state index is 12.9. The number of likely N-dealkylation sites (N-methyl/N-ethyl adjacent to an activating group) is 1. The zero-order valence-electron chi connectivity index (χ0n) is 47.2. The Morgan fingerprint density at radius 2 is 0.740 bits per heavy atom. The monoisotopic (exact) mass is 1020 g/mol. The fourth-order valence-corrected chi connectivity index (χ4v) is 7.61. The Morgan fingerprint density at radius 1 is 0.411 bits per heavy atom. The summed E-state index contributed by atoms with van der Waals surface area (Å²) in [6.07, 6.45) is 71.3. The van der Waals surface area contributed by atoms with E-state index in [0.717, 1.165) is 109 Å². The molecule has 0 amide bonds. The number of hydrogen-bond donors (Lipinski definition) is 0. The first-order valence-electron chi connectivity index (χ1n) is 29.0. The summed E-state index contributed by atoms with van der Waals surface area (Å²) in [5.41, 5.74) is 0. The molecule has 0 aromatic carbocycles. The zero-order valence-corrected chi connectivity index (χ0v) is 47.2. The van der Waals surface area contributed by atoms with Crippen molar-refractivity contribution in [2.75, 3.05) is 47.5 Å². The summed E-state index contributed by atoms with van der Waals surface area (Å²) in [6.45, 7) is 4.50. The van der Waals surface area contributed by atoms with Crippen LogP contribution in [0, 0.1) is 0 Å². The van der Waals surface area contributed by atoms with E-state index in [-0.39, 0.29) is 38.6 Å². The Morgan fingerprint density at radius 3 is 1.10 bits per heavy atom. The topological polar surface area (TPSA) is 111 Å². The average Bonchev–Trinajstić information content (AvgIpc) is 3.36. The van der Waals surface area contributed by atoms with Crippen molar-refractivity contribution >= 4 is 17.9 Å². The van der Waals surface area contributed by atoms with Gasteiger partial charge in [0.2, 0.25) is 0 Å². The summed E-state index contributed by atoms with van der Waals surface area (Å²) in [4.78, 5) is 37.3. The minimum absolute atomic E-state index is 0.140. The first kappa shape index (κ1) is 69.0. The molecule has 2 atom stereocenters. The second-order valence-corrected chi connectivity index (χ2v) is 20.2. The lowest BCUT2D eigenvalue weighted by molar-refractivity contribution is -0.870. The van der Waals surface area contributed by atoms with Crippen molar-refractivity contribution in [2.45, 2.75) is 232 Å². The van der Waals surface area contributed by atoms with E-state index >= 15 is 0 Å². The second-order valence-electron chi connectivity index (χ2n) is 20.2. The molecule has 0 saturated carbocycles. The van der Waals surface area contributed by atoms with Crippen LogP contribution in [-0.2, 0) is 33.3 Å². The Kier molecular flexibility index (Phi) is 51.2. The predicted octanol–water partition coefficient (Wildman–Crippen LogP) is 15.8. The number of ether oxygens (including phenoxy) is 4. The number of carboxylic acids is 1. The highest BCUT2D eigenvalue weighted by atomic mass is 16.7. The fraction of sp³-hybridized carbons (Fsp3) is 0.672. The maximum atomic E-state index is 12.9. The summed E-state index contributed by atoms with van der Waals surface area (Å²) >= 11 is 0. The first-order valence-corrected chi connectivity index (χ1v) is 29.0. The van der Waals surface area contributed by atoms with Gasteiger partial charge in [0.25, 0.3) is 0 Å². The lowest BCUT2D eigenvalue weighted by Crippen LogP contribution is -2.44. The van der Waals surface area contributed by atoms with Gasteiger partial charge in [-0.3, -0.25) is 9.59 Å². The molecule has 0 fully saturated rings. The van der Waals surface area contributed by atoms with Crippen molar-refractivity contribution in [2.24, 2.45) is 0 Å². The number of hydrogen-bond acceptors (Lipinski definition) is 8. The van der Waals surface area contributed by atoms with Crippen LogP contribution in [0.2, 0.25) is 0 Å². The van der Waals surface area contributed by atoms with Gasteiger partial charge in [0.05, 0.1) is 40.3 Å². The molecule has 9 heteroatoms. The van der Waals surface area contributed by atoms with Crippen molar-refractivity contribution < 1.29 is 42.9 Å². The molecule has 0 aliphatic carbocycles. The number of unbranched alkanes of at least 4 members (excludes halogenated alkanes) is 19. The molecule has 0 heterocycles. The summed E-state index contributed by atoms with van der Waals surface area (Å²) in [5, 5.41) is 11.8. The molecule has 0 radical (unpaired) electrons. The number of carboxylic acid groups (broad SMARTS) is 1. The highest BCUT2D eigenvalue weighted by molar-refractivity contribution is 5.70. The lowest BCUT2D eigenvalue weighted by atomic mass is 10.0. The quantitative estimate of drug-likeness (QED) is 0.0195. The Balaban J connectivity index is 4.23. The highest BCUT2D eigenvalue weighted by Crippen LogP contribution is 2.15. The molecule has 0 aliphatic rings. The smallest absolute Gasteiger partial charge is 0.306 e. The number of rotatable bonds is 52. The van der Waals surface area contributed by atoms with Crippen molar-refractivity contribution in [3.8, 4) is 0 Å². The SMILES string of the molecule is CC/C=C\C/C=C\C/C=C\C/C=C\C/C=C\C/C=C\CCCCCCCCCCCCCCC(=O)OC(COC(=O)CCCCCCCCC/C=C\C/C=C\C/C=C\CC)COC(OCC[N+](C)(C)C)C(=O)[O-]. The van der Waals surface area contributed by atoms with E-state index in [2.05, 4.69) is 123 Å². The van der Waals surface area contributed by atoms with Gasteiger partial charge in [-0.1, -0.05) is 220 Å². The molecule has 0 spiro atoms. The molecular weight excluding hydrogens is 911 g/mol. The summed E-state index contributed by atoms with van der Waals surface area (Å²) in [7, 11) is 5.91. The van der Waals surface area contributed by atoms with Crippen molar-refractivity contribution in [3.05, 3.63) is 109 Å². The third-order valence-electron chi connectivity index (χ3n) is 12.0. The Bertz CT molecular complexity index is 1560. The third-order valence-corrected chi connectivity index (χ3v) is 12.0. The van der Waals surface area contributed by atoms with Gasteiger partial charge in [-0.05, 0) is 96.3 Å². The largest absolute Gasteiger partial charge is 0.545 e. The molecule has 0 rings (SSSR count). The molecule has 0 saturated heterocycles. The van der Waals surface area contributed by atoms with Crippen LogP contribution in [0.1, 0.15) is 219 Å². The van der Waals surface area contributed by atoms with Crippen molar-refractivity contribution in [1.29, 1.82) is 0 Å². The van der Waals surface area contributed by atoms with Crippen LogP contribution in [0.25, 0.3) is 0 Å². The van der Waals surface area contributed by atoms with E-state index in [1.807, 2.05) is 21.1 Å². The Labute approximate surface area is 447 Å². The number of quaternary nitrogens is 1. The van der Waals surface area contributed by atoms with Crippen LogP contribution in [0.4, 0.5) is 0 Å². The number of carbonyl (C=O) groups excluding carboxylic acids is 3. The van der Waals surface area contributed by atoms with Gasteiger partial charge in [-0.25, -0.2) is 0 Å². The molecule has 0 N–H and O–H groups in total. The van der Waals surface area contributed by atoms with Gasteiger partial charge in [0.1, 0.15) is 13.2 Å². The number of nitrogens with zero attached hydrogens (tertiary/aromatic N) is 1. The summed E-state index contributed by atoms with van der Waals surface area (Å²) in [6, 6.07) is 0. The molecule has 2 unspecified atom stereocenters. The number of esters is 2. The van der Waals surface area contributed by atoms with E-state index < -0.39 is 24.3 Å². The van der Waals surface area contributed by atoms with Gasteiger partial charge >= 0.3 is 11.9 Å².